The van der Waals surface area contributed by atoms with E-state index in [1.807, 2.05) is 0 Å². The van der Waals surface area contributed by atoms with Crippen molar-refractivity contribution in [3.63, 3.8) is 0 Å². The number of aromatic nitrogens is 2. The Morgan fingerprint density at radius 2 is 2.06 bits per heavy atom. The van der Waals surface area contributed by atoms with Gasteiger partial charge < -0.3 is 20.1 Å². The lowest BCUT2D eigenvalue weighted by atomic mass is 10.4. The van der Waals surface area contributed by atoms with Crippen LogP contribution in [0.3, 0.4) is 0 Å². The summed E-state index contributed by atoms with van der Waals surface area (Å²) in [5, 5.41) is 5.88. The van der Waals surface area contributed by atoms with Gasteiger partial charge in [-0.2, -0.15) is 0 Å². The molecule has 0 amide bonds. The first-order chi connectivity index (χ1) is 8.22. The normalized spacial score (nSPS) is 9.59. The first-order valence-corrected chi connectivity index (χ1v) is 5.10. The van der Waals surface area contributed by atoms with Crippen LogP contribution in [-0.4, -0.2) is 43.7 Å². The minimum Gasteiger partial charge on any atom is -0.490 e. The van der Waals surface area contributed by atoms with Gasteiger partial charge in [0, 0.05) is 13.6 Å². The lowest BCUT2D eigenvalue weighted by Gasteiger charge is -2.12. The van der Waals surface area contributed by atoms with Gasteiger partial charge in [-0.3, -0.25) is 4.79 Å². The molecular formula is C10H16N4O3. The van der Waals surface area contributed by atoms with E-state index in [0.717, 1.165) is 0 Å². The summed E-state index contributed by atoms with van der Waals surface area (Å²) in [4.78, 5) is 19.0. The molecule has 0 spiro atoms. The molecule has 7 heteroatoms. The molecule has 94 valence electrons. The van der Waals surface area contributed by atoms with Crippen LogP contribution in [0.4, 0.5) is 11.6 Å². The fraction of sp³-hybridized carbons (Fsp3) is 0.500. The molecule has 1 heterocycles. The van der Waals surface area contributed by atoms with Gasteiger partial charge in [-0.25, -0.2) is 9.97 Å². The summed E-state index contributed by atoms with van der Waals surface area (Å²) in [6, 6.07) is 0. The second-order valence-corrected chi connectivity index (χ2v) is 3.11. The van der Waals surface area contributed by atoms with Gasteiger partial charge in [0.05, 0.1) is 20.6 Å². The number of carbonyl (C=O) groups is 1. The zero-order valence-electron chi connectivity index (χ0n) is 10.1. The molecule has 1 aromatic heterocycles. The Kier molecular flexibility index (Phi) is 4.99. The Hall–Kier alpha value is -2.05. The van der Waals surface area contributed by atoms with Crippen LogP contribution >= 0.6 is 0 Å². The highest BCUT2D eigenvalue weighted by molar-refractivity contribution is 5.70. The molecule has 0 saturated heterocycles. The summed E-state index contributed by atoms with van der Waals surface area (Å²) in [5.74, 6) is 1.36. The monoisotopic (exact) mass is 240 g/mol. The Bertz CT molecular complexity index is 384. The van der Waals surface area contributed by atoms with Crippen LogP contribution in [0, 0.1) is 0 Å². The molecule has 2 N–H and O–H groups in total. The first-order valence-electron chi connectivity index (χ1n) is 5.10. The Morgan fingerprint density at radius 3 is 2.65 bits per heavy atom. The highest BCUT2D eigenvalue weighted by Gasteiger charge is 2.10. The molecule has 0 aliphatic heterocycles. The van der Waals surface area contributed by atoms with Crippen molar-refractivity contribution in [2.24, 2.45) is 0 Å². The van der Waals surface area contributed by atoms with Crippen LogP contribution in [0.25, 0.3) is 0 Å². The van der Waals surface area contributed by atoms with Crippen molar-refractivity contribution in [1.29, 1.82) is 0 Å². The molecule has 0 radical (unpaired) electrons. The van der Waals surface area contributed by atoms with E-state index in [1.54, 1.807) is 7.05 Å². The molecule has 0 aliphatic carbocycles. The van der Waals surface area contributed by atoms with Gasteiger partial charge in [0.1, 0.15) is 6.33 Å². The van der Waals surface area contributed by atoms with E-state index in [0.29, 0.717) is 23.9 Å². The minimum absolute atomic E-state index is 0.262. The fourth-order valence-electron chi connectivity index (χ4n) is 1.26. The molecule has 0 unspecified atom stereocenters. The molecule has 0 fully saturated rings. The molecule has 0 saturated carbocycles. The van der Waals surface area contributed by atoms with E-state index in [2.05, 4.69) is 25.3 Å². The van der Waals surface area contributed by atoms with Crippen molar-refractivity contribution in [2.45, 2.75) is 6.42 Å². The average Bonchev–Trinajstić information content (AvgIpc) is 2.37. The maximum absolute atomic E-state index is 10.9. The van der Waals surface area contributed by atoms with Crippen LogP contribution < -0.4 is 15.4 Å². The SMILES string of the molecule is CNc1ncnc(NCCC(=O)OC)c1OC. The number of nitrogens with zero attached hydrogens (tertiary/aromatic N) is 2. The topological polar surface area (TPSA) is 85.4 Å². The van der Waals surface area contributed by atoms with Crippen molar-refractivity contribution in [3.8, 4) is 5.75 Å². The fourth-order valence-corrected chi connectivity index (χ4v) is 1.26. The summed E-state index contributed by atoms with van der Waals surface area (Å²) < 4.78 is 9.72. The number of nitrogens with one attached hydrogen (secondary N) is 2. The zero-order valence-corrected chi connectivity index (χ0v) is 10.1. The van der Waals surface area contributed by atoms with Gasteiger partial charge in [-0.1, -0.05) is 0 Å². The van der Waals surface area contributed by atoms with Gasteiger partial charge >= 0.3 is 5.97 Å². The summed E-state index contributed by atoms with van der Waals surface area (Å²) in [6.45, 7) is 0.420. The number of ether oxygens (including phenoxy) is 2. The number of esters is 1. The molecule has 0 bridgehead atoms. The Morgan fingerprint density at radius 1 is 1.35 bits per heavy atom. The average molecular weight is 240 g/mol. The number of rotatable bonds is 6. The van der Waals surface area contributed by atoms with Crippen molar-refractivity contribution >= 4 is 17.6 Å². The van der Waals surface area contributed by atoms with Gasteiger partial charge in [0.15, 0.2) is 11.6 Å². The summed E-state index contributed by atoms with van der Waals surface area (Å²) in [5.41, 5.74) is 0. The third-order valence-corrected chi connectivity index (χ3v) is 2.09. The number of methoxy groups -OCH3 is 2. The van der Waals surface area contributed by atoms with Crippen LogP contribution in [0.5, 0.6) is 5.75 Å². The first kappa shape index (κ1) is 13.0. The molecule has 0 aliphatic rings. The molecule has 1 rings (SSSR count). The van der Waals surface area contributed by atoms with E-state index < -0.39 is 0 Å². The second kappa shape index (κ2) is 6.51. The maximum Gasteiger partial charge on any atom is 0.307 e. The van der Waals surface area contributed by atoms with E-state index in [4.69, 9.17) is 4.74 Å². The largest absolute Gasteiger partial charge is 0.490 e. The van der Waals surface area contributed by atoms with Gasteiger partial charge in [-0.05, 0) is 0 Å². The van der Waals surface area contributed by atoms with Crippen LogP contribution in [-0.2, 0) is 9.53 Å². The summed E-state index contributed by atoms with van der Waals surface area (Å²) in [7, 11) is 4.63. The lowest BCUT2D eigenvalue weighted by Crippen LogP contribution is -2.12. The van der Waals surface area contributed by atoms with Gasteiger partial charge in [0.25, 0.3) is 0 Å². The molecule has 0 aromatic carbocycles. The van der Waals surface area contributed by atoms with E-state index >= 15 is 0 Å². The predicted octanol–water partition coefficient (Wildman–Crippen LogP) is 0.502. The quantitative estimate of drug-likeness (QED) is 0.700. The van der Waals surface area contributed by atoms with Gasteiger partial charge in [0.2, 0.25) is 5.75 Å². The molecule has 0 atom stereocenters. The smallest absolute Gasteiger partial charge is 0.307 e. The number of anilines is 2. The van der Waals surface area contributed by atoms with E-state index in [1.165, 1.54) is 20.5 Å². The van der Waals surface area contributed by atoms with Crippen molar-refractivity contribution in [3.05, 3.63) is 6.33 Å². The van der Waals surface area contributed by atoms with Crippen LogP contribution in [0.2, 0.25) is 0 Å². The molecule has 1 aromatic rings. The highest BCUT2D eigenvalue weighted by Crippen LogP contribution is 2.28. The number of hydrogen-bond donors (Lipinski definition) is 2. The molecule has 7 nitrogen and oxygen atoms in total. The zero-order chi connectivity index (χ0) is 12.7. The van der Waals surface area contributed by atoms with Crippen LogP contribution in [0.1, 0.15) is 6.42 Å². The lowest BCUT2D eigenvalue weighted by molar-refractivity contribution is -0.140. The Balaban J connectivity index is 2.67. The predicted molar refractivity (Wildman–Crippen MR) is 63.3 cm³/mol. The molecular weight excluding hydrogens is 224 g/mol. The van der Waals surface area contributed by atoms with E-state index in [-0.39, 0.29) is 12.4 Å². The van der Waals surface area contributed by atoms with Gasteiger partial charge in [-0.15, -0.1) is 0 Å². The third kappa shape index (κ3) is 3.47. The molecule has 17 heavy (non-hydrogen) atoms. The second-order valence-electron chi connectivity index (χ2n) is 3.11. The number of hydrogen-bond acceptors (Lipinski definition) is 7. The standard InChI is InChI=1S/C10H16N4O3/c1-11-9-8(17-3)10(14-6-13-9)12-5-4-7(15)16-2/h6H,4-5H2,1-3H3,(H2,11,12,13,14). The number of carbonyl (C=O) groups excluding carboxylic acids is 1. The minimum atomic E-state index is -0.278. The highest BCUT2D eigenvalue weighted by atomic mass is 16.5. The third-order valence-electron chi connectivity index (χ3n) is 2.09. The van der Waals surface area contributed by atoms with Crippen molar-refractivity contribution < 1.29 is 14.3 Å². The van der Waals surface area contributed by atoms with Crippen molar-refractivity contribution in [1.82, 2.24) is 9.97 Å². The maximum atomic E-state index is 10.9. The Labute approximate surface area is 99.5 Å². The van der Waals surface area contributed by atoms with Crippen LogP contribution in [0.15, 0.2) is 6.33 Å². The summed E-state index contributed by atoms with van der Waals surface area (Å²) >= 11 is 0. The van der Waals surface area contributed by atoms with E-state index in [9.17, 15) is 4.79 Å². The van der Waals surface area contributed by atoms with Crippen molar-refractivity contribution in [2.75, 3.05) is 38.4 Å². The summed E-state index contributed by atoms with van der Waals surface area (Å²) in [6.07, 6.45) is 1.67.